The summed E-state index contributed by atoms with van der Waals surface area (Å²) in [4.78, 5) is 25.2. The zero-order valence-electron chi connectivity index (χ0n) is 19.2. The van der Waals surface area contributed by atoms with Crippen molar-refractivity contribution in [3.05, 3.63) is 83.2 Å². The lowest BCUT2D eigenvalue weighted by atomic mass is 10.1. The van der Waals surface area contributed by atoms with Crippen LogP contribution < -0.4 is 10.6 Å². The number of amides is 2. The first-order valence-electron chi connectivity index (χ1n) is 10.8. The summed E-state index contributed by atoms with van der Waals surface area (Å²) in [6, 6.07) is 13.4. The zero-order chi connectivity index (χ0) is 23.8. The zero-order valence-corrected chi connectivity index (χ0v) is 20.0. The summed E-state index contributed by atoms with van der Waals surface area (Å²) in [7, 11) is 0. The monoisotopic (exact) mass is 463 g/mol. The largest absolute Gasteiger partial charge is 0.345 e. The number of rotatable bonds is 10. The van der Waals surface area contributed by atoms with E-state index in [1.54, 1.807) is 12.1 Å². The van der Waals surface area contributed by atoms with E-state index in [1.165, 1.54) is 11.8 Å². The topological polar surface area (TPSA) is 88.9 Å². The summed E-state index contributed by atoms with van der Waals surface area (Å²) in [5.74, 6) is 0.528. The fraction of sp³-hybridized carbons (Fsp3) is 0.280. The van der Waals surface area contributed by atoms with Crippen LogP contribution >= 0.6 is 11.8 Å². The number of benzene rings is 2. The Kier molecular flexibility index (Phi) is 8.43. The van der Waals surface area contributed by atoms with E-state index < -0.39 is 0 Å². The SMILES string of the molecule is C=CCn1c(CNC(=O)c2ccccc2C)nnc1SCC(=O)Nc1c(C)cccc1CC. The molecule has 2 aromatic carbocycles. The van der Waals surface area contributed by atoms with E-state index in [2.05, 4.69) is 34.3 Å². The highest BCUT2D eigenvalue weighted by molar-refractivity contribution is 7.99. The van der Waals surface area contributed by atoms with E-state index in [0.717, 1.165) is 28.8 Å². The molecule has 8 heteroatoms. The number of nitrogens with zero attached hydrogens (tertiary/aromatic N) is 3. The average Bonchev–Trinajstić information content (AvgIpc) is 3.19. The standard InChI is InChI=1S/C25H29N5O2S/c1-5-14-30-21(15-26-24(32)20-13-8-7-10-17(20)3)28-29-25(30)33-16-22(31)27-23-18(4)11-9-12-19(23)6-2/h5,7-13H,1,6,14-16H2,2-4H3,(H,26,32)(H,27,31). The van der Waals surface area contributed by atoms with Gasteiger partial charge in [0.1, 0.15) is 0 Å². The Hall–Kier alpha value is -3.39. The van der Waals surface area contributed by atoms with Gasteiger partial charge in [-0.3, -0.25) is 9.59 Å². The van der Waals surface area contributed by atoms with Crippen molar-refractivity contribution in [2.75, 3.05) is 11.1 Å². The molecule has 3 aromatic rings. The van der Waals surface area contributed by atoms with E-state index in [0.29, 0.717) is 23.1 Å². The minimum absolute atomic E-state index is 0.105. The maximum absolute atomic E-state index is 12.6. The first-order chi connectivity index (χ1) is 15.9. The van der Waals surface area contributed by atoms with Gasteiger partial charge in [-0.2, -0.15) is 0 Å². The van der Waals surface area contributed by atoms with Gasteiger partial charge in [-0.05, 0) is 43.0 Å². The molecule has 2 amide bonds. The van der Waals surface area contributed by atoms with Crippen LogP contribution in [-0.4, -0.2) is 32.3 Å². The van der Waals surface area contributed by atoms with Crippen molar-refractivity contribution in [3.63, 3.8) is 0 Å². The molecule has 1 aromatic heterocycles. The Morgan fingerprint density at radius 2 is 1.85 bits per heavy atom. The summed E-state index contributed by atoms with van der Waals surface area (Å²) in [6.07, 6.45) is 2.58. The van der Waals surface area contributed by atoms with Gasteiger partial charge in [0.15, 0.2) is 11.0 Å². The van der Waals surface area contributed by atoms with Crippen molar-refractivity contribution in [1.29, 1.82) is 0 Å². The molecule has 7 nitrogen and oxygen atoms in total. The summed E-state index contributed by atoms with van der Waals surface area (Å²) in [6.45, 7) is 10.5. The molecule has 0 aliphatic heterocycles. The quantitative estimate of drug-likeness (QED) is 0.346. The second kappa shape index (κ2) is 11.5. The smallest absolute Gasteiger partial charge is 0.251 e. The molecular weight excluding hydrogens is 434 g/mol. The van der Waals surface area contributed by atoms with Crippen LogP contribution in [0.25, 0.3) is 0 Å². The first kappa shape index (κ1) is 24.3. The van der Waals surface area contributed by atoms with E-state index in [4.69, 9.17) is 0 Å². The Labute approximate surface area is 198 Å². The van der Waals surface area contributed by atoms with Crippen LogP contribution in [0.3, 0.4) is 0 Å². The third kappa shape index (κ3) is 6.10. The van der Waals surface area contributed by atoms with Crippen molar-refractivity contribution in [3.8, 4) is 0 Å². The minimum Gasteiger partial charge on any atom is -0.345 e. The van der Waals surface area contributed by atoms with Gasteiger partial charge in [0.05, 0.1) is 12.3 Å². The molecule has 33 heavy (non-hydrogen) atoms. The molecule has 3 rings (SSSR count). The van der Waals surface area contributed by atoms with Crippen LogP contribution in [0.1, 0.15) is 39.8 Å². The Morgan fingerprint density at radius 1 is 1.09 bits per heavy atom. The molecule has 0 spiro atoms. The summed E-state index contributed by atoms with van der Waals surface area (Å²) >= 11 is 1.30. The van der Waals surface area contributed by atoms with Gasteiger partial charge in [0.2, 0.25) is 5.91 Å². The Bertz CT molecular complexity index is 1160. The van der Waals surface area contributed by atoms with E-state index in [-0.39, 0.29) is 24.1 Å². The highest BCUT2D eigenvalue weighted by atomic mass is 32.2. The van der Waals surface area contributed by atoms with Crippen molar-refractivity contribution >= 4 is 29.3 Å². The molecule has 0 aliphatic carbocycles. The molecule has 2 N–H and O–H groups in total. The molecule has 0 fully saturated rings. The molecule has 0 bridgehead atoms. The molecule has 0 aliphatic rings. The normalized spacial score (nSPS) is 10.6. The van der Waals surface area contributed by atoms with E-state index in [1.807, 2.05) is 54.8 Å². The lowest BCUT2D eigenvalue weighted by molar-refractivity contribution is -0.113. The predicted octanol–water partition coefficient (Wildman–Crippen LogP) is 4.30. The van der Waals surface area contributed by atoms with E-state index >= 15 is 0 Å². The fourth-order valence-electron chi connectivity index (χ4n) is 3.46. The summed E-state index contributed by atoms with van der Waals surface area (Å²) in [5.41, 5.74) is 4.55. The van der Waals surface area contributed by atoms with Crippen molar-refractivity contribution in [1.82, 2.24) is 20.1 Å². The number of hydrogen-bond donors (Lipinski definition) is 2. The van der Waals surface area contributed by atoms with Crippen molar-refractivity contribution < 1.29 is 9.59 Å². The van der Waals surface area contributed by atoms with Crippen LogP contribution in [0.5, 0.6) is 0 Å². The van der Waals surface area contributed by atoms with E-state index in [9.17, 15) is 9.59 Å². The van der Waals surface area contributed by atoms with Crippen LogP contribution in [0.15, 0.2) is 60.3 Å². The molecule has 0 unspecified atom stereocenters. The fourth-order valence-corrected chi connectivity index (χ4v) is 4.23. The highest BCUT2D eigenvalue weighted by Crippen LogP contribution is 2.23. The molecule has 1 heterocycles. The van der Waals surface area contributed by atoms with Crippen molar-refractivity contribution in [2.45, 2.75) is 45.4 Å². The van der Waals surface area contributed by atoms with Gasteiger partial charge in [-0.25, -0.2) is 0 Å². The number of thioether (sulfide) groups is 1. The van der Waals surface area contributed by atoms with Crippen LogP contribution in [0.2, 0.25) is 0 Å². The molecule has 0 atom stereocenters. The molecule has 0 saturated carbocycles. The Morgan fingerprint density at radius 3 is 2.58 bits per heavy atom. The number of aromatic nitrogens is 3. The van der Waals surface area contributed by atoms with Gasteiger partial charge < -0.3 is 15.2 Å². The predicted molar refractivity (Wildman–Crippen MR) is 132 cm³/mol. The van der Waals surface area contributed by atoms with Crippen LogP contribution in [-0.2, 0) is 24.3 Å². The lowest BCUT2D eigenvalue weighted by Gasteiger charge is -2.13. The third-order valence-electron chi connectivity index (χ3n) is 5.24. The maximum atomic E-state index is 12.6. The maximum Gasteiger partial charge on any atom is 0.251 e. The number of nitrogens with one attached hydrogen (secondary N) is 2. The van der Waals surface area contributed by atoms with Gasteiger partial charge in [0, 0.05) is 17.8 Å². The number of anilines is 1. The molecule has 0 saturated heterocycles. The Balaban J connectivity index is 1.65. The van der Waals surface area contributed by atoms with Gasteiger partial charge >= 0.3 is 0 Å². The second-order valence-electron chi connectivity index (χ2n) is 7.60. The first-order valence-corrected chi connectivity index (χ1v) is 11.8. The third-order valence-corrected chi connectivity index (χ3v) is 6.21. The van der Waals surface area contributed by atoms with Gasteiger partial charge in [-0.1, -0.05) is 61.2 Å². The number of allylic oxidation sites excluding steroid dienone is 1. The summed E-state index contributed by atoms with van der Waals surface area (Å²) < 4.78 is 1.86. The molecule has 172 valence electrons. The lowest BCUT2D eigenvalue weighted by Crippen LogP contribution is -2.25. The number of para-hydroxylation sites is 1. The average molecular weight is 464 g/mol. The highest BCUT2D eigenvalue weighted by Gasteiger charge is 2.16. The minimum atomic E-state index is -0.167. The molecule has 0 radical (unpaired) electrons. The second-order valence-corrected chi connectivity index (χ2v) is 8.54. The number of hydrogen-bond acceptors (Lipinski definition) is 5. The van der Waals surface area contributed by atoms with Gasteiger partial charge in [-0.15, -0.1) is 16.8 Å². The van der Waals surface area contributed by atoms with Crippen LogP contribution in [0, 0.1) is 13.8 Å². The number of carbonyl (C=O) groups is 2. The molecular formula is C25H29N5O2S. The number of aryl methyl sites for hydroxylation is 3. The number of carbonyl (C=O) groups excluding carboxylic acids is 2. The summed E-state index contributed by atoms with van der Waals surface area (Å²) in [5, 5.41) is 15.0. The van der Waals surface area contributed by atoms with Crippen LogP contribution in [0.4, 0.5) is 5.69 Å². The van der Waals surface area contributed by atoms with Crippen molar-refractivity contribution in [2.24, 2.45) is 0 Å². The van der Waals surface area contributed by atoms with Gasteiger partial charge in [0.25, 0.3) is 5.91 Å².